The second-order valence-electron chi connectivity index (χ2n) is 4.64. The Morgan fingerprint density at radius 3 is 2.58 bits per heavy atom. The Morgan fingerprint density at radius 2 is 1.84 bits per heavy atom. The van der Waals surface area contributed by atoms with E-state index in [1.54, 1.807) is 0 Å². The van der Waals surface area contributed by atoms with E-state index in [1.165, 1.54) is 10.5 Å². The zero-order valence-electron chi connectivity index (χ0n) is 11.3. The molecule has 0 bridgehead atoms. The summed E-state index contributed by atoms with van der Waals surface area (Å²) in [7, 11) is 2.15. The van der Waals surface area contributed by atoms with E-state index in [1.807, 2.05) is 30.0 Å². The van der Waals surface area contributed by atoms with Crippen molar-refractivity contribution in [1.29, 1.82) is 0 Å². The summed E-state index contributed by atoms with van der Waals surface area (Å²) in [5.74, 6) is 1.10. The molecule has 0 aliphatic heterocycles. The molecule has 0 saturated heterocycles. The Hall–Kier alpha value is -1.45. The molecule has 100 valence electrons. The quantitative estimate of drug-likeness (QED) is 0.644. The Labute approximate surface area is 119 Å². The van der Waals surface area contributed by atoms with Gasteiger partial charge in [0.25, 0.3) is 0 Å². The van der Waals surface area contributed by atoms with Gasteiger partial charge in [-0.2, -0.15) is 0 Å². The number of nitrogens with two attached hydrogens (primary N) is 1. The van der Waals surface area contributed by atoms with E-state index in [2.05, 4.69) is 48.3 Å². The van der Waals surface area contributed by atoms with Gasteiger partial charge < -0.3 is 10.6 Å². The lowest BCUT2D eigenvalue weighted by molar-refractivity contribution is 0.349. The maximum Gasteiger partial charge on any atom is 0.0317 e. The van der Waals surface area contributed by atoms with E-state index < -0.39 is 0 Å². The average Bonchev–Trinajstić information content (AvgIpc) is 2.40. The molecule has 0 amide bonds. The highest BCUT2D eigenvalue weighted by molar-refractivity contribution is 7.99. The van der Waals surface area contributed by atoms with Crippen molar-refractivity contribution in [3.05, 3.63) is 60.2 Å². The molecule has 0 fully saturated rings. The Morgan fingerprint density at radius 1 is 1.05 bits per heavy atom. The molecule has 2 N–H and O–H groups in total. The van der Waals surface area contributed by atoms with E-state index in [0.29, 0.717) is 0 Å². The van der Waals surface area contributed by atoms with Crippen LogP contribution in [-0.4, -0.2) is 24.2 Å². The lowest BCUT2D eigenvalue weighted by Gasteiger charge is -2.16. The summed E-state index contributed by atoms with van der Waals surface area (Å²) in [6.07, 6.45) is 0. The first-order valence-electron chi connectivity index (χ1n) is 6.45. The average molecular weight is 272 g/mol. The lowest BCUT2D eigenvalue weighted by Crippen LogP contribution is -2.20. The first-order chi connectivity index (χ1) is 9.24. The van der Waals surface area contributed by atoms with Gasteiger partial charge in [-0.25, -0.2) is 0 Å². The van der Waals surface area contributed by atoms with Crippen LogP contribution in [0.3, 0.4) is 0 Å². The number of nitrogens with zero attached hydrogens (tertiary/aromatic N) is 1. The molecule has 0 atom stereocenters. The molecular weight excluding hydrogens is 252 g/mol. The van der Waals surface area contributed by atoms with Crippen molar-refractivity contribution in [2.45, 2.75) is 11.4 Å². The minimum absolute atomic E-state index is 0.838. The van der Waals surface area contributed by atoms with Crippen LogP contribution < -0.4 is 5.73 Å². The topological polar surface area (TPSA) is 29.3 Å². The number of nitrogen functional groups attached to an aromatic ring is 1. The second kappa shape index (κ2) is 7.22. The van der Waals surface area contributed by atoms with Crippen molar-refractivity contribution in [3.63, 3.8) is 0 Å². The molecule has 2 aromatic carbocycles. The van der Waals surface area contributed by atoms with Crippen LogP contribution in [0.2, 0.25) is 0 Å². The fraction of sp³-hybridized carbons (Fsp3) is 0.250. The van der Waals surface area contributed by atoms with E-state index >= 15 is 0 Å². The minimum Gasteiger partial charge on any atom is -0.399 e. The molecule has 0 aliphatic rings. The van der Waals surface area contributed by atoms with Crippen LogP contribution >= 0.6 is 11.8 Å². The highest BCUT2D eigenvalue weighted by Crippen LogP contribution is 2.17. The Balaban J connectivity index is 1.74. The standard InChI is InChI=1S/C16H20N2S/c1-18(13-14-6-5-7-15(17)12-14)10-11-19-16-8-3-2-4-9-16/h2-9,12H,10-11,13,17H2,1H3. The molecule has 0 radical (unpaired) electrons. The second-order valence-corrected chi connectivity index (χ2v) is 5.81. The number of rotatable bonds is 6. The van der Waals surface area contributed by atoms with Crippen LogP contribution in [0.5, 0.6) is 0 Å². The van der Waals surface area contributed by atoms with Gasteiger partial charge in [-0.15, -0.1) is 11.8 Å². The van der Waals surface area contributed by atoms with Gasteiger partial charge in [0.15, 0.2) is 0 Å². The van der Waals surface area contributed by atoms with Crippen LogP contribution in [0, 0.1) is 0 Å². The number of hydrogen-bond donors (Lipinski definition) is 1. The van der Waals surface area contributed by atoms with Gasteiger partial charge in [-0.3, -0.25) is 0 Å². The molecule has 3 heteroatoms. The largest absolute Gasteiger partial charge is 0.399 e. The number of hydrogen-bond acceptors (Lipinski definition) is 3. The maximum absolute atomic E-state index is 5.79. The molecule has 0 aliphatic carbocycles. The fourth-order valence-electron chi connectivity index (χ4n) is 1.92. The lowest BCUT2D eigenvalue weighted by atomic mass is 10.2. The van der Waals surface area contributed by atoms with Crippen LogP contribution in [-0.2, 0) is 6.54 Å². The van der Waals surface area contributed by atoms with Crippen molar-refractivity contribution in [2.75, 3.05) is 25.1 Å². The summed E-state index contributed by atoms with van der Waals surface area (Å²) in [4.78, 5) is 3.66. The first-order valence-corrected chi connectivity index (χ1v) is 7.43. The first kappa shape index (κ1) is 14.0. The number of thioether (sulfide) groups is 1. The smallest absolute Gasteiger partial charge is 0.0317 e. The molecule has 2 aromatic rings. The van der Waals surface area contributed by atoms with Crippen LogP contribution in [0.1, 0.15) is 5.56 Å². The van der Waals surface area contributed by atoms with Gasteiger partial charge in [0.05, 0.1) is 0 Å². The predicted octanol–water partition coefficient (Wildman–Crippen LogP) is 3.49. The molecular formula is C16H20N2S. The van der Waals surface area contributed by atoms with Gasteiger partial charge in [-0.1, -0.05) is 30.3 Å². The van der Waals surface area contributed by atoms with Gasteiger partial charge in [-0.05, 0) is 36.9 Å². The molecule has 0 spiro atoms. The van der Waals surface area contributed by atoms with Crippen molar-refractivity contribution >= 4 is 17.4 Å². The highest BCUT2D eigenvalue weighted by atomic mass is 32.2. The SMILES string of the molecule is CN(CCSc1ccccc1)Cc1cccc(N)c1. The third kappa shape index (κ3) is 4.97. The molecule has 0 unspecified atom stereocenters. The summed E-state index contributed by atoms with van der Waals surface area (Å²) < 4.78 is 0. The third-order valence-electron chi connectivity index (χ3n) is 2.89. The van der Waals surface area contributed by atoms with Crippen molar-refractivity contribution in [1.82, 2.24) is 4.90 Å². The molecule has 2 rings (SSSR count). The summed E-state index contributed by atoms with van der Waals surface area (Å²) in [5, 5.41) is 0. The van der Waals surface area contributed by atoms with E-state index in [9.17, 15) is 0 Å². The third-order valence-corrected chi connectivity index (χ3v) is 3.88. The minimum atomic E-state index is 0.838. The van der Waals surface area contributed by atoms with Crippen LogP contribution in [0.4, 0.5) is 5.69 Å². The number of benzene rings is 2. The predicted molar refractivity (Wildman–Crippen MR) is 84.4 cm³/mol. The zero-order chi connectivity index (χ0) is 13.5. The van der Waals surface area contributed by atoms with Crippen molar-refractivity contribution in [3.8, 4) is 0 Å². The van der Waals surface area contributed by atoms with E-state index in [-0.39, 0.29) is 0 Å². The van der Waals surface area contributed by atoms with Gasteiger partial charge in [0.1, 0.15) is 0 Å². The van der Waals surface area contributed by atoms with E-state index in [4.69, 9.17) is 5.73 Å². The van der Waals surface area contributed by atoms with Crippen LogP contribution in [0.15, 0.2) is 59.5 Å². The monoisotopic (exact) mass is 272 g/mol. The van der Waals surface area contributed by atoms with Gasteiger partial charge >= 0.3 is 0 Å². The van der Waals surface area contributed by atoms with Crippen LogP contribution in [0.25, 0.3) is 0 Å². The van der Waals surface area contributed by atoms with Crippen molar-refractivity contribution in [2.24, 2.45) is 0 Å². The Bertz CT molecular complexity index is 499. The maximum atomic E-state index is 5.79. The normalized spacial score (nSPS) is 10.8. The van der Waals surface area contributed by atoms with E-state index in [0.717, 1.165) is 24.5 Å². The fourth-order valence-corrected chi connectivity index (χ4v) is 2.91. The summed E-state index contributed by atoms with van der Waals surface area (Å²) >= 11 is 1.90. The Kier molecular flexibility index (Phi) is 5.31. The summed E-state index contributed by atoms with van der Waals surface area (Å²) in [6.45, 7) is 2.01. The summed E-state index contributed by atoms with van der Waals surface area (Å²) in [6, 6.07) is 18.6. The molecule has 0 heterocycles. The summed E-state index contributed by atoms with van der Waals surface area (Å²) in [5.41, 5.74) is 7.90. The van der Waals surface area contributed by atoms with Crippen molar-refractivity contribution < 1.29 is 0 Å². The van der Waals surface area contributed by atoms with Gasteiger partial charge in [0.2, 0.25) is 0 Å². The number of anilines is 1. The molecule has 2 nitrogen and oxygen atoms in total. The van der Waals surface area contributed by atoms with Gasteiger partial charge in [0, 0.05) is 29.4 Å². The zero-order valence-corrected chi connectivity index (χ0v) is 12.1. The molecule has 0 aromatic heterocycles. The highest BCUT2D eigenvalue weighted by Gasteiger charge is 2.01. The molecule has 0 saturated carbocycles. The molecule has 19 heavy (non-hydrogen) atoms.